The van der Waals surface area contributed by atoms with Crippen LogP contribution in [0.25, 0.3) is 10.6 Å². The number of nitrogens with one attached hydrogen (secondary N) is 1. The molecule has 0 atom stereocenters. The average molecular weight is 167 g/mol. The highest BCUT2D eigenvalue weighted by atomic mass is 32.1. The lowest BCUT2D eigenvalue weighted by Gasteiger charge is -1.81. The van der Waals surface area contributed by atoms with E-state index in [-0.39, 0.29) is 0 Å². The molecule has 0 saturated heterocycles. The number of aromatic nitrogens is 4. The predicted octanol–water partition coefficient (Wildman–Crippen LogP) is 0.510. The van der Waals surface area contributed by atoms with Crippen LogP contribution in [0.1, 0.15) is 0 Å². The van der Waals surface area contributed by atoms with E-state index >= 15 is 0 Å². The maximum Gasteiger partial charge on any atom is 0.232 e. The van der Waals surface area contributed by atoms with E-state index in [9.17, 15) is 0 Å². The highest BCUT2D eigenvalue weighted by molar-refractivity contribution is 7.09. The molecule has 0 aliphatic carbocycles. The highest BCUT2D eigenvalue weighted by Crippen LogP contribution is 2.19. The number of nitrogens with two attached hydrogens (primary N) is 1. The van der Waals surface area contributed by atoms with Crippen molar-refractivity contribution in [2.45, 2.75) is 0 Å². The van der Waals surface area contributed by atoms with Crippen molar-refractivity contribution in [2.75, 3.05) is 5.73 Å². The zero-order valence-electron chi connectivity index (χ0n) is 5.48. The van der Waals surface area contributed by atoms with Crippen molar-refractivity contribution in [3.05, 3.63) is 12.4 Å². The molecule has 0 saturated carbocycles. The largest absolute Gasteiger partial charge is 0.367 e. The van der Waals surface area contributed by atoms with E-state index in [0.717, 1.165) is 10.6 Å². The van der Waals surface area contributed by atoms with Gasteiger partial charge in [0.2, 0.25) is 5.95 Å². The Morgan fingerprint density at radius 3 is 3.00 bits per heavy atom. The summed E-state index contributed by atoms with van der Waals surface area (Å²) in [7, 11) is 0. The minimum absolute atomic E-state index is 0.311. The Morgan fingerprint density at radius 1 is 1.55 bits per heavy atom. The van der Waals surface area contributed by atoms with Gasteiger partial charge in [0.15, 0.2) is 0 Å². The molecule has 0 bridgehead atoms. The first kappa shape index (κ1) is 6.29. The number of nitrogens with zero attached hydrogens (tertiary/aromatic N) is 3. The van der Waals surface area contributed by atoms with Crippen LogP contribution in [-0.4, -0.2) is 19.6 Å². The molecule has 6 heteroatoms. The fourth-order valence-corrected chi connectivity index (χ4v) is 1.29. The fourth-order valence-electron chi connectivity index (χ4n) is 0.720. The number of H-pyrrole nitrogens is 1. The number of rotatable bonds is 1. The molecule has 11 heavy (non-hydrogen) atoms. The van der Waals surface area contributed by atoms with Crippen molar-refractivity contribution in [3.63, 3.8) is 0 Å². The van der Waals surface area contributed by atoms with Gasteiger partial charge in [0, 0.05) is 11.8 Å². The molecule has 2 aromatic heterocycles. The third kappa shape index (κ3) is 1.07. The normalized spacial score (nSPS) is 10.2. The van der Waals surface area contributed by atoms with Gasteiger partial charge in [-0.2, -0.15) is 14.5 Å². The Labute approximate surface area is 66.4 Å². The van der Waals surface area contributed by atoms with Crippen molar-refractivity contribution >= 4 is 17.5 Å². The summed E-state index contributed by atoms with van der Waals surface area (Å²) >= 11 is 1.26. The van der Waals surface area contributed by atoms with E-state index in [1.54, 1.807) is 12.4 Å². The summed E-state index contributed by atoms with van der Waals surface area (Å²) in [4.78, 5) is 3.98. The molecule has 0 radical (unpaired) electrons. The molecule has 0 aliphatic heterocycles. The summed E-state index contributed by atoms with van der Waals surface area (Å²) in [5.74, 6) is 0.311. The predicted molar refractivity (Wildman–Crippen MR) is 41.9 cm³/mol. The van der Waals surface area contributed by atoms with Crippen LogP contribution >= 0.6 is 11.5 Å². The lowest BCUT2D eigenvalue weighted by atomic mass is 10.4. The van der Waals surface area contributed by atoms with Gasteiger partial charge in [-0.3, -0.25) is 5.10 Å². The Balaban J connectivity index is 2.45. The van der Waals surface area contributed by atoms with Gasteiger partial charge in [-0.25, -0.2) is 0 Å². The second-order valence-electron chi connectivity index (χ2n) is 1.94. The zero-order valence-corrected chi connectivity index (χ0v) is 6.30. The quantitative estimate of drug-likeness (QED) is 0.648. The van der Waals surface area contributed by atoms with E-state index in [1.165, 1.54) is 11.5 Å². The minimum Gasteiger partial charge on any atom is -0.367 e. The maximum atomic E-state index is 5.34. The molecule has 5 nitrogen and oxygen atoms in total. The maximum absolute atomic E-state index is 5.34. The van der Waals surface area contributed by atoms with Gasteiger partial charge >= 0.3 is 0 Å². The molecule has 0 amide bonds. The molecular weight excluding hydrogens is 162 g/mol. The van der Waals surface area contributed by atoms with Gasteiger partial charge in [0.05, 0.1) is 6.20 Å². The molecule has 3 N–H and O–H groups in total. The highest BCUT2D eigenvalue weighted by Gasteiger charge is 2.03. The molecule has 0 unspecified atom stereocenters. The van der Waals surface area contributed by atoms with Gasteiger partial charge in [-0.1, -0.05) is 0 Å². The molecule has 0 fully saturated rings. The Hall–Kier alpha value is -1.43. The standard InChI is InChI=1S/C5H5N5S/c6-5-9-4(11-10-5)3-1-7-8-2-3/h1-2H,(H2,6,10)(H,7,8). The molecule has 56 valence electrons. The lowest BCUT2D eigenvalue weighted by Crippen LogP contribution is -1.84. The second-order valence-corrected chi connectivity index (χ2v) is 2.70. The van der Waals surface area contributed by atoms with Crippen LogP contribution in [0.2, 0.25) is 0 Å². The first-order valence-corrected chi connectivity index (χ1v) is 3.72. The second kappa shape index (κ2) is 2.31. The van der Waals surface area contributed by atoms with Crippen LogP contribution in [0.4, 0.5) is 5.95 Å². The summed E-state index contributed by atoms with van der Waals surface area (Å²) in [5, 5.41) is 7.25. The number of hydrogen-bond acceptors (Lipinski definition) is 5. The minimum atomic E-state index is 0.311. The first-order chi connectivity index (χ1) is 5.36. The van der Waals surface area contributed by atoms with Crippen molar-refractivity contribution in [2.24, 2.45) is 0 Å². The van der Waals surface area contributed by atoms with Gasteiger partial charge in [0.25, 0.3) is 0 Å². The van der Waals surface area contributed by atoms with E-state index in [1.807, 2.05) is 0 Å². The monoisotopic (exact) mass is 167 g/mol. The van der Waals surface area contributed by atoms with Gasteiger partial charge < -0.3 is 5.73 Å². The first-order valence-electron chi connectivity index (χ1n) is 2.94. The molecular formula is C5H5N5S. The Morgan fingerprint density at radius 2 is 2.45 bits per heavy atom. The molecule has 2 aromatic rings. The summed E-state index contributed by atoms with van der Waals surface area (Å²) in [6.45, 7) is 0. The molecule has 2 heterocycles. The van der Waals surface area contributed by atoms with E-state index < -0.39 is 0 Å². The molecule has 0 aliphatic rings. The van der Waals surface area contributed by atoms with Crippen molar-refractivity contribution in [1.29, 1.82) is 0 Å². The summed E-state index contributed by atoms with van der Waals surface area (Å²) < 4.78 is 3.84. The Kier molecular flexibility index (Phi) is 1.32. The number of hydrogen-bond donors (Lipinski definition) is 2. The Bertz CT molecular complexity index is 337. The molecule has 2 rings (SSSR count). The average Bonchev–Trinajstić information content (AvgIpc) is 2.55. The number of aromatic amines is 1. The van der Waals surface area contributed by atoms with Crippen LogP contribution in [0.3, 0.4) is 0 Å². The smallest absolute Gasteiger partial charge is 0.232 e. The van der Waals surface area contributed by atoms with Crippen molar-refractivity contribution < 1.29 is 0 Å². The van der Waals surface area contributed by atoms with Gasteiger partial charge in [-0.05, 0) is 11.5 Å². The topological polar surface area (TPSA) is 80.5 Å². The number of anilines is 1. The fraction of sp³-hybridized carbons (Fsp3) is 0. The van der Waals surface area contributed by atoms with E-state index in [2.05, 4.69) is 19.6 Å². The molecule has 0 spiro atoms. The third-order valence-electron chi connectivity index (χ3n) is 1.19. The molecule has 0 aromatic carbocycles. The van der Waals surface area contributed by atoms with Gasteiger partial charge in [-0.15, -0.1) is 0 Å². The van der Waals surface area contributed by atoms with E-state index in [4.69, 9.17) is 5.73 Å². The van der Waals surface area contributed by atoms with Crippen molar-refractivity contribution in [1.82, 2.24) is 19.6 Å². The van der Waals surface area contributed by atoms with Crippen LogP contribution in [0.5, 0.6) is 0 Å². The van der Waals surface area contributed by atoms with Crippen LogP contribution in [0, 0.1) is 0 Å². The SMILES string of the molecule is Nc1nsc(-c2cn[nH]c2)n1. The summed E-state index contributed by atoms with van der Waals surface area (Å²) in [6.07, 6.45) is 3.43. The van der Waals surface area contributed by atoms with Gasteiger partial charge in [0.1, 0.15) is 5.01 Å². The number of nitrogen functional groups attached to an aromatic ring is 1. The summed E-state index contributed by atoms with van der Waals surface area (Å²) in [5.41, 5.74) is 6.26. The third-order valence-corrected chi connectivity index (χ3v) is 1.97. The van der Waals surface area contributed by atoms with E-state index in [0.29, 0.717) is 5.95 Å². The van der Waals surface area contributed by atoms with Crippen LogP contribution in [-0.2, 0) is 0 Å². The van der Waals surface area contributed by atoms with Crippen LogP contribution < -0.4 is 5.73 Å². The zero-order chi connectivity index (χ0) is 7.68. The summed E-state index contributed by atoms with van der Waals surface area (Å²) in [6, 6.07) is 0. The van der Waals surface area contributed by atoms with Crippen molar-refractivity contribution in [3.8, 4) is 10.6 Å². The lowest BCUT2D eigenvalue weighted by molar-refractivity contribution is 1.09. The van der Waals surface area contributed by atoms with Crippen LogP contribution in [0.15, 0.2) is 12.4 Å².